The van der Waals surface area contributed by atoms with Gasteiger partial charge in [-0.1, -0.05) is 25.1 Å². The Balaban J connectivity index is 1.40. The van der Waals surface area contributed by atoms with Crippen molar-refractivity contribution in [3.8, 4) is 0 Å². The van der Waals surface area contributed by atoms with E-state index in [4.69, 9.17) is 4.42 Å². The molecule has 0 unspecified atom stereocenters. The SMILES string of the molecule is CCc1oc2ccccc2c1/C=C/C(=O)N1CCN([C@H]2CCS(=O)(=O)C2)CC1. The highest BCUT2D eigenvalue weighted by molar-refractivity contribution is 7.91. The summed E-state index contributed by atoms with van der Waals surface area (Å²) in [6.45, 7) is 4.77. The molecule has 7 heteroatoms. The van der Waals surface area contributed by atoms with Gasteiger partial charge in [-0.05, 0) is 18.6 Å². The van der Waals surface area contributed by atoms with Crippen LogP contribution in [0.15, 0.2) is 34.8 Å². The topological polar surface area (TPSA) is 70.8 Å². The Labute approximate surface area is 165 Å². The van der Waals surface area contributed by atoms with E-state index in [2.05, 4.69) is 4.90 Å². The smallest absolute Gasteiger partial charge is 0.246 e. The third kappa shape index (κ3) is 3.86. The molecule has 28 heavy (non-hydrogen) atoms. The number of carbonyl (C=O) groups is 1. The third-order valence-electron chi connectivity index (χ3n) is 5.78. The highest BCUT2D eigenvalue weighted by Crippen LogP contribution is 2.27. The molecule has 150 valence electrons. The Morgan fingerprint density at radius 1 is 1.21 bits per heavy atom. The molecule has 1 atom stereocenters. The largest absolute Gasteiger partial charge is 0.460 e. The summed E-state index contributed by atoms with van der Waals surface area (Å²) < 4.78 is 29.3. The summed E-state index contributed by atoms with van der Waals surface area (Å²) in [6, 6.07) is 7.98. The van der Waals surface area contributed by atoms with Crippen molar-refractivity contribution in [3.63, 3.8) is 0 Å². The Morgan fingerprint density at radius 2 is 1.96 bits per heavy atom. The monoisotopic (exact) mass is 402 g/mol. The first-order chi connectivity index (χ1) is 13.5. The number of nitrogens with zero attached hydrogens (tertiary/aromatic N) is 2. The molecule has 0 spiro atoms. The predicted octanol–water partition coefficient (Wildman–Crippen LogP) is 2.34. The lowest BCUT2D eigenvalue weighted by Gasteiger charge is -2.37. The summed E-state index contributed by atoms with van der Waals surface area (Å²) in [7, 11) is -2.88. The van der Waals surface area contributed by atoms with Crippen molar-refractivity contribution in [1.29, 1.82) is 0 Å². The second kappa shape index (κ2) is 7.72. The van der Waals surface area contributed by atoms with E-state index in [1.165, 1.54) is 0 Å². The lowest BCUT2D eigenvalue weighted by atomic mass is 10.1. The molecule has 3 heterocycles. The molecule has 0 saturated carbocycles. The van der Waals surface area contributed by atoms with Crippen LogP contribution in [-0.2, 0) is 21.1 Å². The van der Waals surface area contributed by atoms with E-state index in [9.17, 15) is 13.2 Å². The number of fused-ring (bicyclic) bond motifs is 1. The van der Waals surface area contributed by atoms with Crippen molar-refractivity contribution in [2.75, 3.05) is 37.7 Å². The molecule has 2 aromatic rings. The quantitative estimate of drug-likeness (QED) is 0.734. The normalized spacial score (nSPS) is 23.0. The van der Waals surface area contributed by atoms with E-state index in [-0.39, 0.29) is 23.5 Å². The highest BCUT2D eigenvalue weighted by atomic mass is 32.2. The van der Waals surface area contributed by atoms with Crippen molar-refractivity contribution >= 4 is 32.8 Å². The molecule has 4 rings (SSSR count). The average Bonchev–Trinajstić information content (AvgIpc) is 3.25. The Bertz CT molecular complexity index is 1000. The van der Waals surface area contributed by atoms with Crippen LogP contribution in [0.2, 0.25) is 0 Å². The van der Waals surface area contributed by atoms with Gasteiger partial charge in [0, 0.05) is 55.7 Å². The van der Waals surface area contributed by atoms with E-state index < -0.39 is 9.84 Å². The van der Waals surface area contributed by atoms with E-state index in [1.807, 2.05) is 42.2 Å². The summed E-state index contributed by atoms with van der Waals surface area (Å²) >= 11 is 0. The van der Waals surface area contributed by atoms with Crippen LogP contribution in [0.3, 0.4) is 0 Å². The van der Waals surface area contributed by atoms with Gasteiger partial charge in [0.25, 0.3) is 0 Å². The molecule has 2 aliphatic rings. The second-order valence-electron chi connectivity index (χ2n) is 7.54. The fourth-order valence-electron chi connectivity index (χ4n) is 4.19. The summed E-state index contributed by atoms with van der Waals surface area (Å²) in [4.78, 5) is 16.7. The van der Waals surface area contributed by atoms with Gasteiger partial charge in [-0.2, -0.15) is 0 Å². The van der Waals surface area contributed by atoms with Crippen LogP contribution in [0.5, 0.6) is 0 Å². The Hall–Kier alpha value is -2.12. The molecule has 1 aromatic heterocycles. The van der Waals surface area contributed by atoms with Crippen molar-refractivity contribution in [2.24, 2.45) is 0 Å². The minimum absolute atomic E-state index is 0.00831. The van der Waals surface area contributed by atoms with Crippen LogP contribution >= 0.6 is 0 Å². The number of furan rings is 1. The number of hydrogen-bond acceptors (Lipinski definition) is 5. The van der Waals surface area contributed by atoms with Crippen LogP contribution < -0.4 is 0 Å². The zero-order valence-corrected chi connectivity index (χ0v) is 17.0. The number of aryl methyl sites for hydroxylation is 1. The number of rotatable bonds is 4. The molecule has 0 aliphatic carbocycles. The van der Waals surface area contributed by atoms with Crippen LogP contribution in [0.4, 0.5) is 0 Å². The van der Waals surface area contributed by atoms with Crippen molar-refractivity contribution < 1.29 is 17.6 Å². The molecule has 0 bridgehead atoms. The molecule has 0 N–H and O–H groups in total. The lowest BCUT2D eigenvalue weighted by molar-refractivity contribution is -0.127. The molecular weight excluding hydrogens is 376 g/mol. The van der Waals surface area contributed by atoms with E-state index in [1.54, 1.807) is 6.08 Å². The van der Waals surface area contributed by atoms with Crippen molar-refractivity contribution in [1.82, 2.24) is 9.80 Å². The van der Waals surface area contributed by atoms with Gasteiger partial charge >= 0.3 is 0 Å². The average molecular weight is 403 g/mol. The number of sulfone groups is 1. The maximum absolute atomic E-state index is 12.7. The number of piperazine rings is 1. The molecule has 2 saturated heterocycles. The number of amides is 1. The standard InChI is InChI=1S/C21H26N2O4S/c1-2-19-18(17-5-3-4-6-20(17)27-19)7-8-21(24)23-12-10-22(11-13-23)16-9-14-28(25,26)15-16/h3-8,16H,2,9-15H2,1H3/b8-7+/t16-/m0/s1. The maximum Gasteiger partial charge on any atom is 0.246 e. The predicted molar refractivity (Wildman–Crippen MR) is 110 cm³/mol. The summed E-state index contributed by atoms with van der Waals surface area (Å²) in [5.74, 6) is 1.43. The van der Waals surface area contributed by atoms with Gasteiger partial charge in [-0.25, -0.2) is 8.42 Å². The first-order valence-corrected chi connectivity index (χ1v) is 11.7. The van der Waals surface area contributed by atoms with E-state index in [0.717, 1.165) is 41.8 Å². The van der Waals surface area contributed by atoms with Crippen LogP contribution in [0, 0.1) is 0 Å². The second-order valence-corrected chi connectivity index (χ2v) is 9.77. The molecule has 2 fully saturated rings. The number of benzene rings is 1. The first-order valence-electron chi connectivity index (χ1n) is 9.88. The van der Waals surface area contributed by atoms with Gasteiger partial charge in [0.15, 0.2) is 9.84 Å². The molecule has 6 nitrogen and oxygen atoms in total. The molecule has 1 amide bonds. The summed E-state index contributed by atoms with van der Waals surface area (Å²) in [5.41, 5.74) is 1.81. The van der Waals surface area contributed by atoms with Gasteiger partial charge in [-0.3, -0.25) is 9.69 Å². The summed E-state index contributed by atoms with van der Waals surface area (Å²) in [6.07, 6.45) is 4.98. The van der Waals surface area contributed by atoms with Gasteiger partial charge in [0.2, 0.25) is 5.91 Å². The molecular formula is C21H26N2O4S. The minimum Gasteiger partial charge on any atom is -0.460 e. The van der Waals surface area contributed by atoms with Crippen molar-refractivity contribution in [2.45, 2.75) is 25.8 Å². The number of carbonyl (C=O) groups excluding carboxylic acids is 1. The first kappa shape index (κ1) is 19.2. The fraction of sp³-hybridized carbons (Fsp3) is 0.476. The highest BCUT2D eigenvalue weighted by Gasteiger charge is 2.34. The molecule has 1 aromatic carbocycles. The Kier molecular flexibility index (Phi) is 5.29. The van der Waals surface area contributed by atoms with Crippen molar-refractivity contribution in [3.05, 3.63) is 41.7 Å². The zero-order valence-electron chi connectivity index (χ0n) is 16.1. The molecule has 2 aliphatic heterocycles. The third-order valence-corrected chi connectivity index (χ3v) is 7.53. The maximum atomic E-state index is 12.7. The number of hydrogen-bond donors (Lipinski definition) is 0. The van der Waals surface area contributed by atoms with Crippen LogP contribution in [0.1, 0.15) is 24.7 Å². The zero-order chi connectivity index (χ0) is 19.7. The van der Waals surface area contributed by atoms with Crippen LogP contribution in [0.25, 0.3) is 17.0 Å². The minimum atomic E-state index is -2.88. The lowest BCUT2D eigenvalue weighted by Crippen LogP contribution is -2.52. The van der Waals surface area contributed by atoms with Gasteiger partial charge < -0.3 is 9.32 Å². The molecule has 0 radical (unpaired) electrons. The van der Waals surface area contributed by atoms with E-state index in [0.29, 0.717) is 19.5 Å². The summed E-state index contributed by atoms with van der Waals surface area (Å²) in [5, 5.41) is 1.02. The van der Waals surface area contributed by atoms with Crippen LogP contribution in [-0.4, -0.2) is 67.9 Å². The Morgan fingerprint density at radius 3 is 2.64 bits per heavy atom. The number of para-hydroxylation sites is 1. The van der Waals surface area contributed by atoms with Gasteiger partial charge in [0.05, 0.1) is 11.5 Å². The fourth-order valence-corrected chi connectivity index (χ4v) is 5.95. The van der Waals surface area contributed by atoms with E-state index >= 15 is 0 Å². The van der Waals surface area contributed by atoms with Gasteiger partial charge in [0.1, 0.15) is 11.3 Å². The van der Waals surface area contributed by atoms with Gasteiger partial charge in [-0.15, -0.1) is 0 Å².